The van der Waals surface area contributed by atoms with Gasteiger partial charge in [-0.25, -0.2) is 9.78 Å². The quantitative estimate of drug-likeness (QED) is 0.353. The van der Waals surface area contributed by atoms with Crippen LogP contribution in [-0.4, -0.2) is 33.8 Å². The molecule has 0 spiro atoms. The van der Waals surface area contributed by atoms with E-state index in [1.165, 1.54) is 18.9 Å². The number of methoxy groups -OCH3 is 1. The number of benzene rings is 2. The summed E-state index contributed by atoms with van der Waals surface area (Å²) in [6.45, 7) is 4.21. The molecular formula is C22H23N3O4S. The third-order valence-electron chi connectivity index (χ3n) is 4.64. The number of rotatable bonds is 7. The molecule has 0 aliphatic heterocycles. The van der Waals surface area contributed by atoms with Crippen LogP contribution in [0, 0.1) is 0 Å². The van der Waals surface area contributed by atoms with E-state index in [1.807, 2.05) is 19.9 Å². The Labute approximate surface area is 178 Å². The first-order valence-electron chi connectivity index (χ1n) is 9.64. The first kappa shape index (κ1) is 21.6. The maximum atomic E-state index is 13.0. The Morgan fingerprint density at radius 3 is 2.53 bits per heavy atom. The third-order valence-corrected chi connectivity index (χ3v) is 6.00. The van der Waals surface area contributed by atoms with Crippen LogP contribution < -0.4 is 10.9 Å². The lowest BCUT2D eigenvalue weighted by Crippen LogP contribution is -2.28. The molecule has 0 aliphatic rings. The Balaban J connectivity index is 1.90. The van der Waals surface area contributed by atoms with Crippen molar-refractivity contribution in [3.8, 4) is 0 Å². The highest BCUT2D eigenvalue weighted by Gasteiger charge is 2.23. The van der Waals surface area contributed by atoms with Gasteiger partial charge in [0.25, 0.3) is 5.56 Å². The molecular weight excluding hydrogens is 402 g/mol. The Kier molecular flexibility index (Phi) is 6.89. The minimum Gasteiger partial charge on any atom is -0.465 e. The summed E-state index contributed by atoms with van der Waals surface area (Å²) in [7, 11) is 1.29. The number of anilines is 1. The fourth-order valence-electron chi connectivity index (χ4n) is 3.06. The lowest BCUT2D eigenvalue weighted by Gasteiger charge is -2.18. The van der Waals surface area contributed by atoms with Gasteiger partial charge in [-0.3, -0.25) is 14.2 Å². The number of aromatic nitrogens is 2. The van der Waals surface area contributed by atoms with Crippen LogP contribution in [0.1, 0.15) is 30.6 Å². The molecule has 156 valence electrons. The van der Waals surface area contributed by atoms with E-state index in [0.29, 0.717) is 34.7 Å². The lowest BCUT2D eigenvalue weighted by molar-refractivity contribution is -0.115. The number of hydrogen-bond acceptors (Lipinski definition) is 6. The molecule has 1 atom stereocenters. The van der Waals surface area contributed by atoms with Gasteiger partial charge in [0.15, 0.2) is 5.16 Å². The van der Waals surface area contributed by atoms with Crippen molar-refractivity contribution in [3.63, 3.8) is 0 Å². The highest BCUT2D eigenvalue weighted by Crippen LogP contribution is 2.26. The molecule has 0 aliphatic carbocycles. The van der Waals surface area contributed by atoms with Crippen LogP contribution >= 0.6 is 11.8 Å². The highest BCUT2D eigenvalue weighted by atomic mass is 32.2. The molecule has 0 saturated heterocycles. The second-order valence-corrected chi connectivity index (χ2v) is 7.67. The number of carbonyl (C=O) groups is 2. The van der Waals surface area contributed by atoms with Gasteiger partial charge >= 0.3 is 5.97 Å². The topological polar surface area (TPSA) is 90.3 Å². The number of nitrogens with one attached hydrogen (secondary N) is 1. The predicted octanol–water partition coefficient (Wildman–Crippen LogP) is 3.71. The van der Waals surface area contributed by atoms with Crippen LogP contribution in [0.2, 0.25) is 0 Å². The van der Waals surface area contributed by atoms with Crippen molar-refractivity contribution in [2.45, 2.75) is 37.2 Å². The van der Waals surface area contributed by atoms with Crippen molar-refractivity contribution < 1.29 is 14.3 Å². The Hall–Kier alpha value is -3.13. The molecule has 1 N–H and O–H groups in total. The van der Waals surface area contributed by atoms with Crippen molar-refractivity contribution in [2.24, 2.45) is 0 Å². The van der Waals surface area contributed by atoms with Crippen LogP contribution in [0.3, 0.4) is 0 Å². The minimum absolute atomic E-state index is 0.128. The number of amides is 1. The molecule has 1 amide bonds. The average molecular weight is 426 g/mol. The smallest absolute Gasteiger partial charge is 0.339 e. The van der Waals surface area contributed by atoms with Gasteiger partial charge in [-0.1, -0.05) is 43.0 Å². The zero-order valence-electron chi connectivity index (χ0n) is 17.0. The van der Waals surface area contributed by atoms with Gasteiger partial charge in [-0.2, -0.15) is 0 Å². The maximum absolute atomic E-state index is 13.0. The number of nitrogens with zero attached hydrogens (tertiary/aromatic N) is 2. The molecule has 0 saturated carbocycles. The molecule has 1 unspecified atom stereocenters. The number of fused-ring (bicyclic) bond motifs is 1. The fourth-order valence-corrected chi connectivity index (χ4v) is 4.14. The monoisotopic (exact) mass is 425 g/mol. The number of thioether (sulfide) groups is 1. The SMILES string of the molecule is CCC(Sc1nc2ccccc2c(=O)n1CC)C(=O)Nc1ccccc1C(=O)OC. The van der Waals surface area contributed by atoms with Crippen LogP contribution in [-0.2, 0) is 16.1 Å². The fraction of sp³-hybridized carbons (Fsp3) is 0.273. The van der Waals surface area contributed by atoms with E-state index < -0.39 is 11.2 Å². The Bertz CT molecular complexity index is 1140. The first-order chi connectivity index (χ1) is 14.5. The van der Waals surface area contributed by atoms with E-state index in [1.54, 1.807) is 47.0 Å². The zero-order chi connectivity index (χ0) is 21.7. The summed E-state index contributed by atoms with van der Waals surface area (Å²) in [6.07, 6.45) is 0.517. The van der Waals surface area contributed by atoms with Gasteiger partial charge in [0, 0.05) is 6.54 Å². The molecule has 30 heavy (non-hydrogen) atoms. The van der Waals surface area contributed by atoms with Gasteiger partial charge in [0.05, 0.1) is 34.5 Å². The lowest BCUT2D eigenvalue weighted by atomic mass is 10.1. The summed E-state index contributed by atoms with van der Waals surface area (Å²) in [6, 6.07) is 13.8. The van der Waals surface area contributed by atoms with Crippen molar-refractivity contribution in [2.75, 3.05) is 12.4 Å². The number of esters is 1. The average Bonchev–Trinajstić information content (AvgIpc) is 2.77. The van der Waals surface area contributed by atoms with Crippen LogP contribution in [0.4, 0.5) is 5.69 Å². The summed E-state index contributed by atoms with van der Waals surface area (Å²) in [5.74, 6) is -0.800. The molecule has 1 aromatic heterocycles. The second kappa shape index (κ2) is 9.58. The number of hydrogen-bond donors (Lipinski definition) is 1. The molecule has 1 heterocycles. The first-order valence-corrected chi connectivity index (χ1v) is 10.5. The molecule has 8 heteroatoms. The summed E-state index contributed by atoms with van der Waals surface area (Å²) in [5, 5.41) is 3.35. The predicted molar refractivity (Wildman–Crippen MR) is 118 cm³/mol. The Morgan fingerprint density at radius 2 is 1.83 bits per heavy atom. The molecule has 0 fully saturated rings. The van der Waals surface area contributed by atoms with Gasteiger partial charge in [-0.05, 0) is 37.6 Å². The van der Waals surface area contributed by atoms with Crippen LogP contribution in [0.25, 0.3) is 10.9 Å². The zero-order valence-corrected chi connectivity index (χ0v) is 17.9. The van der Waals surface area contributed by atoms with Crippen molar-refractivity contribution in [3.05, 3.63) is 64.4 Å². The molecule has 3 aromatic rings. The second-order valence-electron chi connectivity index (χ2n) is 6.50. The van der Waals surface area contributed by atoms with E-state index in [2.05, 4.69) is 10.3 Å². The summed E-state index contributed by atoms with van der Waals surface area (Å²) < 4.78 is 6.36. The van der Waals surface area contributed by atoms with E-state index in [9.17, 15) is 14.4 Å². The molecule has 3 rings (SSSR count). The maximum Gasteiger partial charge on any atom is 0.339 e. The summed E-state index contributed by atoms with van der Waals surface area (Å²) >= 11 is 1.24. The minimum atomic E-state index is -0.525. The highest BCUT2D eigenvalue weighted by molar-refractivity contribution is 8.00. The standard InChI is InChI=1S/C22H23N3O4S/c1-4-18(19(26)23-17-13-9-7-11-15(17)21(28)29-3)30-22-24-16-12-8-6-10-14(16)20(27)25(22)5-2/h6-13,18H,4-5H2,1-3H3,(H,23,26). The Morgan fingerprint density at radius 1 is 1.13 bits per heavy atom. The largest absolute Gasteiger partial charge is 0.465 e. The van der Waals surface area contributed by atoms with Crippen LogP contribution in [0.15, 0.2) is 58.5 Å². The summed E-state index contributed by atoms with van der Waals surface area (Å²) in [5.41, 5.74) is 1.13. The molecule has 0 bridgehead atoms. The van der Waals surface area contributed by atoms with Gasteiger partial charge in [0.1, 0.15) is 0 Å². The third kappa shape index (κ3) is 4.38. The van der Waals surface area contributed by atoms with E-state index in [-0.39, 0.29) is 17.0 Å². The van der Waals surface area contributed by atoms with E-state index in [0.717, 1.165) is 0 Å². The van der Waals surface area contributed by atoms with E-state index in [4.69, 9.17) is 4.74 Å². The molecule has 7 nitrogen and oxygen atoms in total. The summed E-state index contributed by atoms with van der Waals surface area (Å²) in [4.78, 5) is 42.4. The molecule has 2 aromatic carbocycles. The van der Waals surface area contributed by atoms with E-state index >= 15 is 0 Å². The van der Waals surface area contributed by atoms with Crippen molar-refractivity contribution in [1.82, 2.24) is 9.55 Å². The van der Waals surface area contributed by atoms with Gasteiger partial charge < -0.3 is 10.1 Å². The van der Waals surface area contributed by atoms with Crippen molar-refractivity contribution in [1.29, 1.82) is 0 Å². The van der Waals surface area contributed by atoms with Crippen LogP contribution in [0.5, 0.6) is 0 Å². The normalized spacial score (nSPS) is 11.8. The van der Waals surface area contributed by atoms with Gasteiger partial charge in [0.2, 0.25) is 5.91 Å². The van der Waals surface area contributed by atoms with Crippen molar-refractivity contribution >= 4 is 40.2 Å². The number of para-hydroxylation sites is 2. The number of ether oxygens (including phenoxy) is 1. The number of carbonyl (C=O) groups excluding carboxylic acids is 2. The van der Waals surface area contributed by atoms with Gasteiger partial charge in [-0.15, -0.1) is 0 Å². The molecule has 0 radical (unpaired) electrons.